The summed E-state index contributed by atoms with van der Waals surface area (Å²) in [7, 11) is 0. The van der Waals surface area contributed by atoms with Crippen LogP contribution in [0.5, 0.6) is 0 Å². The van der Waals surface area contributed by atoms with Crippen LogP contribution in [0.4, 0.5) is 11.4 Å². The fourth-order valence-corrected chi connectivity index (χ4v) is 8.89. The first-order chi connectivity index (χ1) is 21.3. The van der Waals surface area contributed by atoms with Crippen LogP contribution >= 0.6 is 11.3 Å². The van der Waals surface area contributed by atoms with E-state index in [1.54, 1.807) is 0 Å². The highest BCUT2D eigenvalue weighted by Gasteiger charge is 2.36. The highest BCUT2D eigenvalue weighted by atomic mass is 32.1. The Balaban J connectivity index is 1.24. The van der Waals surface area contributed by atoms with Crippen LogP contribution < -0.4 is 5.32 Å². The molecule has 43 heavy (non-hydrogen) atoms. The summed E-state index contributed by atoms with van der Waals surface area (Å²) in [5.41, 5.74) is 10.5. The topological polar surface area (TPSA) is 34.2 Å². The molecule has 0 spiro atoms. The minimum absolute atomic E-state index is 0.0338. The highest BCUT2D eigenvalue weighted by Crippen LogP contribution is 2.48. The number of rotatable bonds is 1. The van der Waals surface area contributed by atoms with Gasteiger partial charge in [-0.1, -0.05) is 72.8 Å². The molecule has 1 unspecified atom stereocenters. The van der Waals surface area contributed by atoms with Gasteiger partial charge in [-0.25, -0.2) is 4.99 Å². The predicted octanol–water partition coefficient (Wildman–Crippen LogP) is 10.3. The van der Waals surface area contributed by atoms with E-state index >= 15 is 0 Å². The number of para-hydroxylation sites is 4. The summed E-state index contributed by atoms with van der Waals surface area (Å²) in [6, 6.07) is 44.2. The molecular weight excluding hydrogens is 545 g/mol. The van der Waals surface area contributed by atoms with E-state index in [2.05, 4.69) is 136 Å². The van der Waals surface area contributed by atoms with Gasteiger partial charge >= 0.3 is 0 Å². The van der Waals surface area contributed by atoms with Crippen molar-refractivity contribution in [3.63, 3.8) is 0 Å². The molecule has 6 aromatic carbocycles. The maximum Gasteiger partial charge on any atom is 0.148 e. The zero-order chi connectivity index (χ0) is 27.8. The van der Waals surface area contributed by atoms with Crippen LogP contribution in [0.15, 0.2) is 126 Å². The average molecular weight is 567 g/mol. The Labute approximate surface area is 249 Å². The van der Waals surface area contributed by atoms with Gasteiger partial charge < -0.3 is 14.5 Å². The summed E-state index contributed by atoms with van der Waals surface area (Å²) in [5.74, 6) is 0. The van der Waals surface area contributed by atoms with Crippen LogP contribution in [-0.4, -0.2) is 14.8 Å². The molecule has 5 heteroatoms. The van der Waals surface area contributed by atoms with Gasteiger partial charge in [0.15, 0.2) is 0 Å². The average Bonchev–Trinajstić information content (AvgIpc) is 3.78. The maximum absolute atomic E-state index is 5.15. The predicted molar refractivity (Wildman–Crippen MR) is 182 cm³/mol. The van der Waals surface area contributed by atoms with E-state index in [-0.39, 0.29) is 6.17 Å². The van der Waals surface area contributed by atoms with E-state index in [4.69, 9.17) is 4.99 Å². The largest absolute Gasteiger partial charge is 0.358 e. The lowest BCUT2D eigenvalue weighted by molar-refractivity contribution is 0.779. The number of hydrogen-bond donors (Lipinski definition) is 1. The van der Waals surface area contributed by atoms with Gasteiger partial charge in [-0.3, -0.25) is 0 Å². The number of aliphatic imine (C=N–C) groups is 1. The van der Waals surface area contributed by atoms with E-state index in [1.165, 1.54) is 75.0 Å². The lowest BCUT2D eigenvalue weighted by Crippen LogP contribution is -2.24. The van der Waals surface area contributed by atoms with Crippen molar-refractivity contribution < 1.29 is 0 Å². The van der Waals surface area contributed by atoms with E-state index in [9.17, 15) is 0 Å². The number of hydrogen-bond acceptors (Lipinski definition) is 3. The van der Waals surface area contributed by atoms with Crippen molar-refractivity contribution in [1.29, 1.82) is 0 Å². The molecule has 9 aromatic rings. The number of benzene rings is 6. The van der Waals surface area contributed by atoms with E-state index in [0.29, 0.717) is 0 Å². The Kier molecular flexibility index (Phi) is 3.99. The molecule has 1 N–H and O–H groups in total. The van der Waals surface area contributed by atoms with Crippen LogP contribution in [-0.2, 0) is 0 Å². The van der Waals surface area contributed by atoms with E-state index in [0.717, 1.165) is 17.1 Å². The van der Waals surface area contributed by atoms with Crippen LogP contribution in [0.3, 0.4) is 0 Å². The third-order valence-electron chi connectivity index (χ3n) is 9.47. The van der Waals surface area contributed by atoms with Crippen LogP contribution in [0.2, 0.25) is 0 Å². The second-order valence-electron chi connectivity index (χ2n) is 11.6. The van der Waals surface area contributed by atoms with Gasteiger partial charge in [-0.15, -0.1) is 11.3 Å². The van der Waals surface area contributed by atoms with Gasteiger partial charge in [-0.05, 0) is 48.5 Å². The van der Waals surface area contributed by atoms with Crippen molar-refractivity contribution in [1.82, 2.24) is 9.13 Å². The fraction of sp³-hybridized carbons (Fsp3) is 0.0263. The zero-order valence-electron chi connectivity index (χ0n) is 22.9. The van der Waals surface area contributed by atoms with Crippen LogP contribution in [0.1, 0.15) is 11.7 Å². The number of aromatic nitrogens is 2. The molecule has 2 aliphatic rings. The summed E-state index contributed by atoms with van der Waals surface area (Å²) in [6.45, 7) is 0. The number of fused-ring (bicyclic) bond motifs is 14. The van der Waals surface area contributed by atoms with Gasteiger partial charge in [0.1, 0.15) is 6.17 Å². The molecule has 11 rings (SSSR count). The summed E-state index contributed by atoms with van der Waals surface area (Å²) in [6.07, 6.45) is -0.0338. The molecule has 0 radical (unpaired) electrons. The first-order valence-electron chi connectivity index (χ1n) is 14.7. The van der Waals surface area contributed by atoms with Gasteiger partial charge in [0.25, 0.3) is 0 Å². The Morgan fingerprint density at radius 3 is 2.35 bits per heavy atom. The smallest absolute Gasteiger partial charge is 0.148 e. The highest BCUT2D eigenvalue weighted by molar-refractivity contribution is 7.25. The number of nitrogens with one attached hydrogen (secondary N) is 1. The molecular formula is C38H22N4S. The monoisotopic (exact) mass is 566 g/mol. The minimum atomic E-state index is -0.0338. The molecule has 4 nitrogen and oxygen atoms in total. The summed E-state index contributed by atoms with van der Waals surface area (Å²) in [5, 5.41) is 11.7. The van der Waals surface area contributed by atoms with Crippen LogP contribution in [0, 0.1) is 0 Å². The van der Waals surface area contributed by atoms with Crippen molar-refractivity contribution in [3.05, 3.63) is 127 Å². The molecule has 0 saturated carbocycles. The number of thiophene rings is 1. The number of anilines is 1. The second-order valence-corrected chi connectivity index (χ2v) is 12.7. The number of nitrogens with zero attached hydrogens (tertiary/aromatic N) is 3. The first-order valence-corrected chi connectivity index (χ1v) is 15.5. The quantitative estimate of drug-likeness (QED) is 0.211. The third kappa shape index (κ3) is 2.69. The molecule has 0 bridgehead atoms. The van der Waals surface area contributed by atoms with Crippen molar-refractivity contribution in [3.8, 4) is 5.69 Å². The third-order valence-corrected chi connectivity index (χ3v) is 10.6. The molecule has 0 amide bonds. The molecule has 1 atom stereocenters. The second kappa shape index (κ2) is 7.71. The molecule has 0 aliphatic carbocycles. The van der Waals surface area contributed by atoms with Gasteiger partial charge in [-0.2, -0.15) is 0 Å². The van der Waals surface area contributed by atoms with Crippen LogP contribution in [0.25, 0.3) is 69.5 Å². The fourth-order valence-electron chi connectivity index (χ4n) is 7.75. The molecule has 0 fully saturated rings. The molecule has 5 heterocycles. The van der Waals surface area contributed by atoms with E-state index in [1.807, 2.05) is 11.3 Å². The first kappa shape index (κ1) is 22.2. The molecule has 200 valence electrons. The van der Waals surface area contributed by atoms with Gasteiger partial charge in [0, 0.05) is 53.0 Å². The van der Waals surface area contributed by atoms with Crippen molar-refractivity contribution in [2.45, 2.75) is 6.17 Å². The van der Waals surface area contributed by atoms with Gasteiger partial charge in [0.05, 0.1) is 39.2 Å². The van der Waals surface area contributed by atoms with Crippen molar-refractivity contribution in [2.75, 3.05) is 5.32 Å². The summed E-state index contributed by atoms with van der Waals surface area (Å²) < 4.78 is 7.58. The van der Waals surface area contributed by atoms with E-state index < -0.39 is 0 Å². The summed E-state index contributed by atoms with van der Waals surface area (Å²) in [4.78, 5) is 5.15. The lowest BCUT2D eigenvalue weighted by Gasteiger charge is -2.25. The minimum Gasteiger partial charge on any atom is -0.358 e. The Morgan fingerprint density at radius 1 is 0.605 bits per heavy atom. The maximum atomic E-state index is 5.15. The summed E-state index contributed by atoms with van der Waals surface area (Å²) >= 11 is 1.87. The van der Waals surface area contributed by atoms with Crippen molar-refractivity contribution in [2.24, 2.45) is 4.99 Å². The zero-order valence-corrected chi connectivity index (χ0v) is 23.7. The normalized spacial score (nSPS) is 15.5. The standard InChI is InChI=1S/C38H22N4S/c1-5-14-29-24(9-1)34-30(41(29)21-16-17-23-22-8-2-6-15-32(22)43-33(23)20-21)18-19-31-35(34)25-10-7-11-26-36-38(42(31)37(25)26)40-28-13-4-3-12-27(28)39-36/h1-20,38,40H. The Hall–Kier alpha value is -5.39. The molecule has 0 saturated heterocycles. The Morgan fingerprint density at radius 2 is 1.37 bits per heavy atom. The molecule has 2 aliphatic heterocycles. The molecule has 3 aromatic heterocycles. The SMILES string of the molecule is c1ccc2c(c1)N=C1c3cccc4c5c6c7ccccc7n(-c7ccc8c(c7)sc7ccccc78)c6ccc5n(c34)C1N2. The van der Waals surface area contributed by atoms with Crippen molar-refractivity contribution >= 4 is 92.2 Å². The lowest BCUT2D eigenvalue weighted by atomic mass is 10.0. The Bertz CT molecular complexity index is 2720. The van der Waals surface area contributed by atoms with Gasteiger partial charge in [0.2, 0.25) is 0 Å².